The van der Waals surface area contributed by atoms with Crippen molar-refractivity contribution in [2.45, 2.75) is 0 Å². The standard InChI is InChI=1S/C5H9NO2/c1-3-7-5-8-4-2-6-1/h1,3,6H,2,4-5H2. The average molecular weight is 115 g/mol. The first-order valence-electron chi connectivity index (χ1n) is 2.58. The van der Waals surface area contributed by atoms with Gasteiger partial charge < -0.3 is 14.8 Å². The maximum absolute atomic E-state index is 4.94. The predicted octanol–water partition coefficient (Wildman–Crippen LogP) is 0.0515. The fraction of sp³-hybridized carbons (Fsp3) is 0.600. The van der Waals surface area contributed by atoms with Crippen LogP contribution in [0.3, 0.4) is 0 Å². The molecule has 0 aromatic rings. The number of ether oxygens (including phenoxy) is 2. The van der Waals surface area contributed by atoms with Crippen LogP contribution in [0.15, 0.2) is 12.5 Å². The minimum Gasteiger partial charge on any atom is -0.474 e. The van der Waals surface area contributed by atoms with E-state index in [1.54, 1.807) is 12.5 Å². The molecule has 0 radical (unpaired) electrons. The summed E-state index contributed by atoms with van der Waals surface area (Å²) >= 11 is 0. The Morgan fingerprint density at radius 2 is 2.50 bits per heavy atom. The van der Waals surface area contributed by atoms with E-state index < -0.39 is 0 Å². The van der Waals surface area contributed by atoms with Crippen LogP contribution >= 0.6 is 0 Å². The van der Waals surface area contributed by atoms with Crippen molar-refractivity contribution < 1.29 is 9.47 Å². The molecule has 0 saturated heterocycles. The van der Waals surface area contributed by atoms with Gasteiger partial charge in [-0.15, -0.1) is 0 Å². The van der Waals surface area contributed by atoms with Crippen LogP contribution < -0.4 is 5.32 Å². The molecule has 0 amide bonds. The third-order valence-corrected chi connectivity index (χ3v) is 0.824. The lowest BCUT2D eigenvalue weighted by Crippen LogP contribution is -2.16. The molecular formula is C5H9NO2. The Hall–Kier alpha value is -0.700. The minimum atomic E-state index is 0.373. The molecule has 3 heteroatoms. The van der Waals surface area contributed by atoms with E-state index in [-0.39, 0.29) is 0 Å². The summed E-state index contributed by atoms with van der Waals surface area (Å²) in [6.07, 6.45) is 3.35. The van der Waals surface area contributed by atoms with E-state index in [4.69, 9.17) is 9.47 Å². The smallest absolute Gasteiger partial charge is 0.188 e. The van der Waals surface area contributed by atoms with Crippen LogP contribution in [-0.4, -0.2) is 19.9 Å². The molecule has 0 spiro atoms. The number of hydrogen-bond donors (Lipinski definition) is 1. The fourth-order valence-corrected chi connectivity index (χ4v) is 0.457. The van der Waals surface area contributed by atoms with Crippen LogP contribution in [-0.2, 0) is 9.47 Å². The van der Waals surface area contributed by atoms with E-state index in [2.05, 4.69) is 5.32 Å². The third-order valence-electron chi connectivity index (χ3n) is 0.824. The molecule has 0 aromatic heterocycles. The maximum atomic E-state index is 4.94. The van der Waals surface area contributed by atoms with Crippen molar-refractivity contribution in [3.05, 3.63) is 12.5 Å². The van der Waals surface area contributed by atoms with Gasteiger partial charge in [0.25, 0.3) is 0 Å². The van der Waals surface area contributed by atoms with Crippen LogP contribution in [0, 0.1) is 0 Å². The van der Waals surface area contributed by atoms with Gasteiger partial charge in [-0.05, 0) is 0 Å². The zero-order valence-electron chi connectivity index (χ0n) is 4.59. The van der Waals surface area contributed by atoms with Gasteiger partial charge in [0.1, 0.15) is 6.26 Å². The van der Waals surface area contributed by atoms with Crippen molar-refractivity contribution in [3.63, 3.8) is 0 Å². The zero-order chi connectivity index (χ0) is 5.66. The van der Waals surface area contributed by atoms with Gasteiger partial charge in [-0.1, -0.05) is 0 Å². The van der Waals surface area contributed by atoms with Gasteiger partial charge in [-0.2, -0.15) is 0 Å². The van der Waals surface area contributed by atoms with Crippen LogP contribution in [0.25, 0.3) is 0 Å². The molecule has 46 valence electrons. The molecule has 8 heavy (non-hydrogen) atoms. The monoisotopic (exact) mass is 115 g/mol. The third kappa shape index (κ3) is 1.84. The van der Waals surface area contributed by atoms with Gasteiger partial charge in [0, 0.05) is 12.7 Å². The van der Waals surface area contributed by atoms with Crippen LogP contribution in [0.1, 0.15) is 0 Å². The average Bonchev–Trinajstić information content (AvgIpc) is 1.62. The van der Waals surface area contributed by atoms with Crippen molar-refractivity contribution in [1.82, 2.24) is 5.32 Å². The van der Waals surface area contributed by atoms with E-state index in [1.807, 2.05) is 0 Å². The summed E-state index contributed by atoms with van der Waals surface area (Å²) in [5, 5.41) is 2.96. The van der Waals surface area contributed by atoms with Gasteiger partial charge in [0.15, 0.2) is 6.79 Å². The molecule has 0 aliphatic carbocycles. The summed E-state index contributed by atoms with van der Waals surface area (Å²) in [7, 11) is 0. The second-order valence-electron chi connectivity index (χ2n) is 1.45. The van der Waals surface area contributed by atoms with E-state index in [0.29, 0.717) is 13.4 Å². The first-order chi connectivity index (χ1) is 4.00. The van der Waals surface area contributed by atoms with Crippen molar-refractivity contribution in [1.29, 1.82) is 0 Å². The molecular weight excluding hydrogens is 106 g/mol. The van der Waals surface area contributed by atoms with Crippen LogP contribution in [0.5, 0.6) is 0 Å². The Morgan fingerprint density at radius 3 is 3.50 bits per heavy atom. The molecule has 0 fully saturated rings. The summed E-state index contributed by atoms with van der Waals surface area (Å²) in [5.74, 6) is 0. The Bertz CT molecular complexity index is 72.5. The summed E-state index contributed by atoms with van der Waals surface area (Å²) < 4.78 is 9.75. The number of nitrogens with one attached hydrogen (secondary N) is 1. The fourth-order valence-electron chi connectivity index (χ4n) is 0.457. The first-order valence-corrected chi connectivity index (χ1v) is 2.58. The van der Waals surface area contributed by atoms with Crippen molar-refractivity contribution >= 4 is 0 Å². The van der Waals surface area contributed by atoms with Crippen molar-refractivity contribution in [3.8, 4) is 0 Å². The zero-order valence-corrected chi connectivity index (χ0v) is 4.59. The molecule has 1 aliphatic heterocycles. The van der Waals surface area contributed by atoms with Gasteiger partial charge in [0.2, 0.25) is 0 Å². The van der Waals surface area contributed by atoms with Crippen LogP contribution in [0.2, 0.25) is 0 Å². The topological polar surface area (TPSA) is 30.5 Å². The Morgan fingerprint density at radius 1 is 1.50 bits per heavy atom. The quantitative estimate of drug-likeness (QED) is 0.484. The molecule has 1 N–H and O–H groups in total. The molecule has 0 unspecified atom stereocenters. The molecule has 0 atom stereocenters. The Balaban J connectivity index is 2.17. The molecule has 0 saturated carbocycles. The highest BCUT2D eigenvalue weighted by Crippen LogP contribution is 1.81. The van der Waals surface area contributed by atoms with E-state index in [0.717, 1.165) is 6.54 Å². The SMILES string of the molecule is C1=COCOCCN1. The highest BCUT2D eigenvalue weighted by atomic mass is 16.7. The minimum absolute atomic E-state index is 0.373. The molecule has 0 aromatic carbocycles. The molecule has 1 aliphatic rings. The number of rotatable bonds is 0. The van der Waals surface area contributed by atoms with Crippen molar-refractivity contribution in [2.75, 3.05) is 19.9 Å². The lowest BCUT2D eigenvalue weighted by molar-refractivity contribution is -0.0133. The second kappa shape index (κ2) is 3.32. The highest BCUT2D eigenvalue weighted by Gasteiger charge is 1.86. The summed E-state index contributed by atoms with van der Waals surface area (Å²) in [6.45, 7) is 1.95. The normalized spacial score (nSPS) is 20.0. The lowest BCUT2D eigenvalue weighted by atomic mass is 10.7. The van der Waals surface area contributed by atoms with Gasteiger partial charge >= 0.3 is 0 Å². The molecule has 3 nitrogen and oxygen atoms in total. The van der Waals surface area contributed by atoms with Gasteiger partial charge in [0.05, 0.1) is 6.61 Å². The molecule has 1 heterocycles. The van der Waals surface area contributed by atoms with E-state index >= 15 is 0 Å². The highest BCUT2D eigenvalue weighted by molar-refractivity contribution is 4.70. The summed E-state index contributed by atoms with van der Waals surface area (Å²) in [4.78, 5) is 0. The largest absolute Gasteiger partial charge is 0.474 e. The van der Waals surface area contributed by atoms with Gasteiger partial charge in [-0.3, -0.25) is 0 Å². The second-order valence-corrected chi connectivity index (χ2v) is 1.45. The summed E-state index contributed by atoms with van der Waals surface area (Å²) in [6, 6.07) is 0. The summed E-state index contributed by atoms with van der Waals surface area (Å²) in [5.41, 5.74) is 0. The van der Waals surface area contributed by atoms with E-state index in [1.165, 1.54) is 0 Å². The van der Waals surface area contributed by atoms with Crippen molar-refractivity contribution in [2.24, 2.45) is 0 Å². The maximum Gasteiger partial charge on any atom is 0.188 e. The first kappa shape index (κ1) is 5.44. The Labute approximate surface area is 48.3 Å². The number of hydrogen-bond acceptors (Lipinski definition) is 3. The predicted molar refractivity (Wildman–Crippen MR) is 29.0 cm³/mol. The van der Waals surface area contributed by atoms with Crippen LogP contribution in [0.4, 0.5) is 0 Å². The van der Waals surface area contributed by atoms with E-state index in [9.17, 15) is 0 Å². The van der Waals surface area contributed by atoms with Gasteiger partial charge in [-0.25, -0.2) is 0 Å². The Kier molecular flexibility index (Phi) is 2.26. The molecule has 1 rings (SSSR count). The lowest BCUT2D eigenvalue weighted by Gasteiger charge is -2.06. The molecule has 0 bridgehead atoms.